The van der Waals surface area contributed by atoms with Gasteiger partial charge in [-0.2, -0.15) is 0 Å². The zero-order valence-electron chi connectivity index (χ0n) is 27.1. The van der Waals surface area contributed by atoms with Gasteiger partial charge in [0.2, 0.25) is 0 Å². The largest absolute Gasteiger partial charge is 0.0845 e. The number of hydrogen-bond acceptors (Lipinski definition) is 0. The van der Waals surface area contributed by atoms with Crippen LogP contribution in [-0.2, 0) is 0 Å². The van der Waals surface area contributed by atoms with Crippen molar-refractivity contribution >= 4 is 0 Å². The van der Waals surface area contributed by atoms with Crippen molar-refractivity contribution < 1.29 is 0 Å². The van der Waals surface area contributed by atoms with Gasteiger partial charge in [-0.1, -0.05) is 57.6 Å². The van der Waals surface area contributed by atoms with Gasteiger partial charge in [-0.15, -0.1) is 0 Å². The maximum absolute atomic E-state index is 2.85. The van der Waals surface area contributed by atoms with Gasteiger partial charge >= 0.3 is 0 Å². The van der Waals surface area contributed by atoms with Crippen molar-refractivity contribution in [3.8, 4) is 0 Å². The van der Waals surface area contributed by atoms with Crippen molar-refractivity contribution in [1.29, 1.82) is 0 Å². The van der Waals surface area contributed by atoms with Crippen molar-refractivity contribution in [2.24, 2.45) is 94.2 Å². The quantitative estimate of drug-likeness (QED) is 0.297. The van der Waals surface area contributed by atoms with E-state index in [4.69, 9.17) is 0 Å². The lowest BCUT2D eigenvalue weighted by atomic mass is 9.53. The van der Waals surface area contributed by atoms with Crippen molar-refractivity contribution in [2.75, 3.05) is 0 Å². The fourth-order valence-electron chi connectivity index (χ4n) is 16.0. The molecule has 0 N–H and O–H groups in total. The molecule has 0 aromatic carbocycles. The Morgan fingerprint density at radius 2 is 1.05 bits per heavy atom. The summed E-state index contributed by atoms with van der Waals surface area (Å²) in [5.74, 6) is 16.4. The summed E-state index contributed by atoms with van der Waals surface area (Å²) in [7, 11) is 0. The van der Waals surface area contributed by atoms with Gasteiger partial charge in [0, 0.05) is 0 Å². The second kappa shape index (κ2) is 10.4. The Morgan fingerprint density at radius 1 is 0.488 bits per heavy atom. The van der Waals surface area contributed by atoms with E-state index in [0.29, 0.717) is 5.41 Å². The highest BCUT2D eigenvalue weighted by Crippen LogP contribution is 2.66. The van der Waals surface area contributed by atoms with Crippen LogP contribution in [0.2, 0.25) is 0 Å². The van der Waals surface area contributed by atoms with Crippen molar-refractivity contribution in [1.82, 2.24) is 0 Å². The second-order valence-electron chi connectivity index (χ2n) is 18.8. The third-order valence-corrected chi connectivity index (χ3v) is 17.5. The first kappa shape index (κ1) is 27.1. The van der Waals surface area contributed by atoms with Crippen LogP contribution in [0, 0.1) is 94.2 Å². The topological polar surface area (TPSA) is 0 Å². The average Bonchev–Trinajstić information content (AvgIpc) is 3.47. The summed E-state index contributed by atoms with van der Waals surface area (Å²) in [5.41, 5.74) is 2.53. The molecule has 15 unspecified atom stereocenters. The second-order valence-corrected chi connectivity index (χ2v) is 18.8. The molecule has 0 aromatic heterocycles. The molecule has 0 aliphatic heterocycles. The zero-order valence-corrected chi connectivity index (χ0v) is 27.1. The standard InChI is InChI=1S/C41H64/c1-41(2)38-13-6-5-10-33(38)34-19-18-28(24-39(34)41)26-14-15-27-23-29(17-16-25(27)22-26)30-20-21-37-32-9-4-3-8-31(32)36-12-7-11-35(30)40(36)37/h19,25-33,35-40H,3-18,20-24H2,1-2H3. The molecule has 15 atom stereocenters. The third kappa shape index (κ3) is 4.23. The van der Waals surface area contributed by atoms with E-state index in [-0.39, 0.29) is 0 Å². The first-order valence-corrected chi connectivity index (χ1v) is 19.8. The third-order valence-electron chi connectivity index (χ3n) is 17.5. The molecule has 8 saturated carbocycles. The Morgan fingerprint density at radius 3 is 1.83 bits per heavy atom. The van der Waals surface area contributed by atoms with Gasteiger partial charge in [0.15, 0.2) is 0 Å². The highest BCUT2D eigenvalue weighted by Gasteiger charge is 2.58. The molecule has 0 saturated heterocycles. The number of allylic oxidation sites excluding steroid dienone is 2. The molecule has 9 aliphatic carbocycles. The Balaban J connectivity index is 0.850. The van der Waals surface area contributed by atoms with E-state index in [0.717, 1.165) is 82.9 Å². The van der Waals surface area contributed by atoms with E-state index in [2.05, 4.69) is 19.9 Å². The van der Waals surface area contributed by atoms with Crippen molar-refractivity contribution in [3.63, 3.8) is 0 Å². The summed E-state index contributed by atoms with van der Waals surface area (Å²) in [6.07, 6.45) is 36.1. The van der Waals surface area contributed by atoms with Crippen LogP contribution in [0.25, 0.3) is 0 Å². The minimum Gasteiger partial charge on any atom is -0.0845 e. The molecule has 0 heteroatoms. The minimum atomic E-state index is 0.569. The molecule has 8 fully saturated rings. The normalized spacial score (nSPS) is 55.6. The number of hydrogen-bond donors (Lipinski definition) is 0. The summed E-state index contributed by atoms with van der Waals surface area (Å²) in [4.78, 5) is 0. The van der Waals surface area contributed by atoms with Gasteiger partial charge in [0.25, 0.3) is 0 Å². The van der Waals surface area contributed by atoms with Crippen LogP contribution < -0.4 is 0 Å². The number of fused-ring (bicyclic) bond motifs is 7. The highest BCUT2D eigenvalue weighted by atomic mass is 14.6. The minimum absolute atomic E-state index is 0.569. The smallest absolute Gasteiger partial charge is 0.0143 e. The predicted molar refractivity (Wildman–Crippen MR) is 171 cm³/mol. The summed E-state index contributed by atoms with van der Waals surface area (Å²) >= 11 is 0. The van der Waals surface area contributed by atoms with Crippen LogP contribution in [0.3, 0.4) is 0 Å². The molecule has 41 heavy (non-hydrogen) atoms. The molecule has 0 aromatic rings. The Bertz CT molecular complexity index is 988. The van der Waals surface area contributed by atoms with Crippen LogP contribution >= 0.6 is 0 Å². The molecule has 0 bridgehead atoms. The van der Waals surface area contributed by atoms with Gasteiger partial charge in [0.1, 0.15) is 0 Å². The van der Waals surface area contributed by atoms with Gasteiger partial charge in [-0.25, -0.2) is 0 Å². The summed E-state index contributed by atoms with van der Waals surface area (Å²) in [5, 5.41) is 0. The van der Waals surface area contributed by atoms with E-state index in [1.54, 1.807) is 103 Å². The fraction of sp³-hybridized carbons (Fsp3) is 0.951. The van der Waals surface area contributed by atoms with E-state index in [1.165, 1.54) is 38.0 Å². The Kier molecular flexibility index (Phi) is 6.87. The molecule has 0 nitrogen and oxygen atoms in total. The lowest BCUT2D eigenvalue weighted by molar-refractivity contribution is -0.0252. The van der Waals surface area contributed by atoms with Crippen LogP contribution in [0.15, 0.2) is 11.6 Å². The molecule has 0 radical (unpaired) electrons. The zero-order chi connectivity index (χ0) is 27.3. The molecule has 9 aliphatic rings. The van der Waals surface area contributed by atoms with Gasteiger partial charge in [-0.3, -0.25) is 0 Å². The molecule has 0 spiro atoms. The fourth-order valence-corrected chi connectivity index (χ4v) is 16.0. The van der Waals surface area contributed by atoms with Gasteiger partial charge < -0.3 is 0 Å². The highest BCUT2D eigenvalue weighted by molar-refractivity contribution is 5.27. The predicted octanol–water partition coefficient (Wildman–Crippen LogP) is 11.5. The average molecular weight is 557 g/mol. The molecule has 0 heterocycles. The molecular weight excluding hydrogens is 492 g/mol. The van der Waals surface area contributed by atoms with Crippen LogP contribution in [0.5, 0.6) is 0 Å². The van der Waals surface area contributed by atoms with Crippen LogP contribution in [-0.4, -0.2) is 0 Å². The molecular formula is C41H64. The lowest BCUT2D eigenvalue weighted by Gasteiger charge is -2.52. The lowest BCUT2D eigenvalue weighted by Crippen LogP contribution is -2.44. The van der Waals surface area contributed by atoms with E-state index < -0.39 is 0 Å². The van der Waals surface area contributed by atoms with E-state index in [9.17, 15) is 0 Å². The van der Waals surface area contributed by atoms with E-state index in [1.807, 2.05) is 5.57 Å². The molecule has 0 amide bonds. The first-order chi connectivity index (χ1) is 20.1. The Labute approximate surface area is 254 Å². The van der Waals surface area contributed by atoms with Crippen molar-refractivity contribution in [3.05, 3.63) is 11.6 Å². The van der Waals surface area contributed by atoms with Crippen molar-refractivity contribution in [2.45, 2.75) is 149 Å². The molecule has 9 rings (SSSR count). The monoisotopic (exact) mass is 557 g/mol. The van der Waals surface area contributed by atoms with Crippen LogP contribution in [0.1, 0.15) is 149 Å². The first-order valence-electron chi connectivity index (χ1n) is 19.8. The maximum atomic E-state index is 2.85. The van der Waals surface area contributed by atoms with Gasteiger partial charge in [-0.05, 0) is 197 Å². The Hall–Kier alpha value is -0.260. The molecule has 228 valence electrons. The summed E-state index contributed by atoms with van der Waals surface area (Å²) < 4.78 is 0. The maximum Gasteiger partial charge on any atom is -0.0143 e. The number of rotatable bonds is 2. The summed E-state index contributed by atoms with van der Waals surface area (Å²) in [6.45, 7) is 5.37. The van der Waals surface area contributed by atoms with E-state index >= 15 is 0 Å². The van der Waals surface area contributed by atoms with Crippen LogP contribution in [0.4, 0.5) is 0 Å². The van der Waals surface area contributed by atoms with Gasteiger partial charge in [0.05, 0.1) is 0 Å². The summed E-state index contributed by atoms with van der Waals surface area (Å²) in [6, 6.07) is 0. The SMILES string of the molecule is CC1(C)C2CC(C3CCC4CC(C5CCC6C7CCCCC7C7CCCC5C76)CCC4C3)CC=C2C2CCCCC21.